The molecule has 0 radical (unpaired) electrons. The molecule has 3 atom stereocenters. The molecule has 2 saturated heterocycles. The van der Waals surface area contributed by atoms with Crippen LogP contribution >= 0.6 is 0 Å². The molecule has 1 saturated carbocycles. The molecular formula is C18H23O4-. The Morgan fingerprint density at radius 1 is 1.18 bits per heavy atom. The molecular weight excluding hydrogens is 280 g/mol. The summed E-state index contributed by atoms with van der Waals surface area (Å²) in [5.74, 6) is -0.961. The van der Waals surface area contributed by atoms with Crippen molar-refractivity contribution in [1.29, 1.82) is 0 Å². The van der Waals surface area contributed by atoms with Gasteiger partial charge in [-0.2, -0.15) is 4.89 Å². The van der Waals surface area contributed by atoms with E-state index in [9.17, 15) is 5.11 Å². The standard InChI is InChI=1S/C18H24O4/c1-4-16-10-6-9-15(2,3)18(16)17(20-12-16,21-22-18)13-7-5-8-14(19)11-13/h5,7-8,11,19H,4,6,9-10,12H2,1-3H3/p-1/t16-,17-,18-/m0/s1. The van der Waals surface area contributed by atoms with Gasteiger partial charge >= 0.3 is 0 Å². The van der Waals surface area contributed by atoms with Gasteiger partial charge in [0.25, 0.3) is 5.79 Å². The molecule has 1 aromatic carbocycles. The van der Waals surface area contributed by atoms with E-state index in [4.69, 9.17) is 14.5 Å². The van der Waals surface area contributed by atoms with Crippen LogP contribution in [-0.4, -0.2) is 12.2 Å². The molecule has 1 spiro atoms. The highest BCUT2D eigenvalue weighted by atomic mass is 17.3. The van der Waals surface area contributed by atoms with E-state index < -0.39 is 11.4 Å². The van der Waals surface area contributed by atoms with Crippen LogP contribution < -0.4 is 5.11 Å². The van der Waals surface area contributed by atoms with Crippen molar-refractivity contribution >= 4 is 0 Å². The second-order valence-corrected chi connectivity index (χ2v) is 7.65. The van der Waals surface area contributed by atoms with E-state index in [1.54, 1.807) is 18.2 Å². The fourth-order valence-electron chi connectivity index (χ4n) is 5.24. The van der Waals surface area contributed by atoms with Gasteiger partial charge in [-0.25, -0.2) is 4.89 Å². The molecule has 0 N–H and O–H groups in total. The SMILES string of the molecule is CC[C@@]12CCCC(C)(C)[C@]13OO[C@]3(c1cccc([O-])c1)OC2. The van der Waals surface area contributed by atoms with Gasteiger partial charge in [0, 0.05) is 16.4 Å². The van der Waals surface area contributed by atoms with Gasteiger partial charge in [0.1, 0.15) is 0 Å². The summed E-state index contributed by atoms with van der Waals surface area (Å²) in [7, 11) is 0. The first kappa shape index (κ1) is 14.5. The monoisotopic (exact) mass is 303 g/mol. The second-order valence-electron chi connectivity index (χ2n) is 7.65. The predicted octanol–water partition coefficient (Wildman–Crippen LogP) is 3.25. The van der Waals surface area contributed by atoms with Crippen molar-refractivity contribution in [2.75, 3.05) is 6.61 Å². The molecule has 4 rings (SSSR count). The first-order valence-electron chi connectivity index (χ1n) is 8.21. The molecule has 0 bridgehead atoms. The van der Waals surface area contributed by atoms with Crippen LogP contribution in [0.3, 0.4) is 0 Å². The summed E-state index contributed by atoms with van der Waals surface area (Å²) in [6.45, 7) is 7.30. The highest BCUT2D eigenvalue weighted by molar-refractivity contribution is 5.37. The minimum absolute atomic E-state index is 0.0243. The van der Waals surface area contributed by atoms with Crippen LogP contribution in [0.1, 0.15) is 52.0 Å². The van der Waals surface area contributed by atoms with Crippen molar-refractivity contribution in [3.05, 3.63) is 29.8 Å². The van der Waals surface area contributed by atoms with Crippen molar-refractivity contribution in [3.63, 3.8) is 0 Å². The van der Waals surface area contributed by atoms with Gasteiger partial charge in [0.15, 0.2) is 5.60 Å². The minimum atomic E-state index is -0.937. The summed E-state index contributed by atoms with van der Waals surface area (Å²) in [5, 5.41) is 11.8. The lowest BCUT2D eigenvalue weighted by Crippen LogP contribution is -2.75. The largest absolute Gasteiger partial charge is 0.872 e. The first-order chi connectivity index (χ1) is 10.4. The maximum atomic E-state index is 11.8. The topological polar surface area (TPSA) is 50.8 Å². The molecule has 4 heteroatoms. The van der Waals surface area contributed by atoms with Crippen molar-refractivity contribution in [2.24, 2.45) is 10.8 Å². The smallest absolute Gasteiger partial charge is 0.261 e. The van der Waals surface area contributed by atoms with E-state index in [1.807, 2.05) is 6.07 Å². The van der Waals surface area contributed by atoms with Crippen LogP contribution in [0.5, 0.6) is 5.75 Å². The minimum Gasteiger partial charge on any atom is -0.872 e. The van der Waals surface area contributed by atoms with Gasteiger partial charge in [0.05, 0.1) is 6.61 Å². The zero-order chi connectivity index (χ0) is 15.6. The highest BCUT2D eigenvalue weighted by Crippen LogP contribution is 2.74. The molecule has 1 aliphatic carbocycles. The Kier molecular flexibility index (Phi) is 2.80. The lowest BCUT2D eigenvalue weighted by Gasteiger charge is -2.65. The Labute approximate surface area is 131 Å². The van der Waals surface area contributed by atoms with E-state index in [-0.39, 0.29) is 16.6 Å². The molecule has 22 heavy (non-hydrogen) atoms. The summed E-state index contributed by atoms with van der Waals surface area (Å²) >= 11 is 0. The van der Waals surface area contributed by atoms with Crippen LogP contribution in [0.25, 0.3) is 0 Å². The van der Waals surface area contributed by atoms with Gasteiger partial charge in [-0.3, -0.25) is 0 Å². The third-order valence-electron chi connectivity index (χ3n) is 6.35. The van der Waals surface area contributed by atoms with E-state index >= 15 is 0 Å². The first-order valence-corrected chi connectivity index (χ1v) is 8.21. The van der Waals surface area contributed by atoms with Gasteiger partial charge in [-0.1, -0.05) is 51.5 Å². The highest BCUT2D eigenvalue weighted by Gasteiger charge is 2.84. The zero-order valence-corrected chi connectivity index (χ0v) is 13.5. The van der Waals surface area contributed by atoms with E-state index in [2.05, 4.69) is 20.8 Å². The molecule has 4 nitrogen and oxygen atoms in total. The molecule has 120 valence electrons. The molecule has 0 aromatic heterocycles. The average Bonchev–Trinajstić information content (AvgIpc) is 2.66. The van der Waals surface area contributed by atoms with Crippen molar-refractivity contribution in [1.82, 2.24) is 0 Å². The average molecular weight is 303 g/mol. The van der Waals surface area contributed by atoms with Crippen LogP contribution in [0, 0.1) is 10.8 Å². The Balaban J connectivity index is 1.92. The van der Waals surface area contributed by atoms with Crippen LogP contribution in [0.2, 0.25) is 0 Å². The van der Waals surface area contributed by atoms with Gasteiger partial charge < -0.3 is 9.84 Å². The number of hydrogen-bond acceptors (Lipinski definition) is 4. The fourth-order valence-corrected chi connectivity index (χ4v) is 5.24. The normalized spacial score (nSPS) is 42.3. The summed E-state index contributed by atoms with van der Waals surface area (Å²) in [6.07, 6.45) is 4.31. The Bertz CT molecular complexity index is 613. The fraction of sp³-hybridized carbons (Fsp3) is 0.667. The molecule has 2 aliphatic heterocycles. The second kappa shape index (κ2) is 4.25. The third-order valence-corrected chi connectivity index (χ3v) is 6.35. The quantitative estimate of drug-likeness (QED) is 0.787. The number of rotatable bonds is 2. The Morgan fingerprint density at radius 2 is 2.00 bits per heavy atom. The van der Waals surface area contributed by atoms with Crippen molar-refractivity contribution in [3.8, 4) is 5.75 Å². The number of hydrogen-bond donors (Lipinski definition) is 0. The molecule has 0 amide bonds. The zero-order valence-electron chi connectivity index (χ0n) is 13.5. The van der Waals surface area contributed by atoms with Crippen molar-refractivity contribution < 1.29 is 19.6 Å². The lowest BCUT2D eigenvalue weighted by molar-refractivity contribution is -0.631. The molecule has 3 aliphatic rings. The van der Waals surface area contributed by atoms with Gasteiger partial charge in [0.2, 0.25) is 0 Å². The van der Waals surface area contributed by atoms with E-state index in [0.29, 0.717) is 6.61 Å². The number of ether oxygens (including phenoxy) is 1. The van der Waals surface area contributed by atoms with Crippen LogP contribution in [-0.2, 0) is 20.3 Å². The molecule has 1 aromatic rings. The van der Waals surface area contributed by atoms with E-state index in [0.717, 1.165) is 24.8 Å². The maximum Gasteiger partial charge on any atom is 0.261 e. The summed E-state index contributed by atoms with van der Waals surface area (Å²) < 4.78 is 6.26. The maximum absolute atomic E-state index is 11.8. The third kappa shape index (κ3) is 1.35. The summed E-state index contributed by atoms with van der Waals surface area (Å²) in [5.41, 5.74) is 0.144. The van der Waals surface area contributed by atoms with Crippen LogP contribution in [0.15, 0.2) is 24.3 Å². The van der Waals surface area contributed by atoms with Crippen molar-refractivity contribution in [2.45, 2.75) is 57.8 Å². The van der Waals surface area contributed by atoms with Crippen LogP contribution in [0.4, 0.5) is 0 Å². The van der Waals surface area contributed by atoms with Gasteiger partial charge in [-0.15, -0.1) is 5.75 Å². The Morgan fingerprint density at radius 3 is 2.64 bits per heavy atom. The molecule has 3 fully saturated rings. The van der Waals surface area contributed by atoms with Gasteiger partial charge in [-0.05, 0) is 19.3 Å². The van der Waals surface area contributed by atoms with E-state index in [1.165, 1.54) is 6.42 Å². The molecule has 2 heterocycles. The Hall–Kier alpha value is -1.10. The molecule has 0 unspecified atom stereocenters. The number of benzene rings is 1. The lowest BCUT2D eigenvalue weighted by atomic mass is 9.49. The summed E-state index contributed by atoms with van der Waals surface area (Å²) in [6, 6.07) is 6.87. The predicted molar refractivity (Wildman–Crippen MR) is 78.8 cm³/mol. The summed E-state index contributed by atoms with van der Waals surface area (Å²) in [4.78, 5) is 11.6.